The second-order valence-corrected chi connectivity index (χ2v) is 7.45. The first-order chi connectivity index (χ1) is 10.8. The highest BCUT2D eigenvalue weighted by Crippen LogP contribution is 2.41. The van der Waals surface area contributed by atoms with Crippen LogP contribution in [0.5, 0.6) is 0 Å². The predicted molar refractivity (Wildman–Crippen MR) is 85.9 cm³/mol. The summed E-state index contributed by atoms with van der Waals surface area (Å²) in [6.45, 7) is 1.72. The third kappa shape index (κ3) is 3.09. The van der Waals surface area contributed by atoms with Gasteiger partial charge in [-0.25, -0.2) is 4.98 Å². The molecule has 1 aliphatic heterocycles. The highest BCUT2D eigenvalue weighted by molar-refractivity contribution is 7.11. The maximum absolute atomic E-state index is 6.00. The van der Waals surface area contributed by atoms with Gasteiger partial charge >= 0.3 is 0 Å². The van der Waals surface area contributed by atoms with Crippen molar-refractivity contribution in [2.45, 2.75) is 50.3 Å². The van der Waals surface area contributed by atoms with Crippen LogP contribution in [0.3, 0.4) is 0 Å². The molecule has 5 nitrogen and oxygen atoms in total. The molecule has 0 aromatic carbocycles. The van der Waals surface area contributed by atoms with Crippen LogP contribution >= 0.6 is 11.3 Å². The Morgan fingerprint density at radius 1 is 1.36 bits per heavy atom. The summed E-state index contributed by atoms with van der Waals surface area (Å²) in [7, 11) is 1.95. The molecule has 2 fully saturated rings. The van der Waals surface area contributed by atoms with Crippen molar-refractivity contribution in [3.8, 4) is 0 Å². The summed E-state index contributed by atoms with van der Waals surface area (Å²) < 4.78 is 7.85. The fraction of sp³-hybridized carbons (Fsp3) is 0.625. The number of thiazole rings is 1. The Hall–Kier alpha value is -1.24. The van der Waals surface area contributed by atoms with Gasteiger partial charge in [-0.15, -0.1) is 11.3 Å². The van der Waals surface area contributed by atoms with Crippen LogP contribution in [-0.4, -0.2) is 27.4 Å². The molecule has 0 amide bonds. The Balaban J connectivity index is 1.40. The summed E-state index contributed by atoms with van der Waals surface area (Å²) in [5.41, 5.74) is 1.17. The largest absolute Gasteiger partial charge is 0.372 e. The minimum atomic E-state index is 0.110. The van der Waals surface area contributed by atoms with Gasteiger partial charge in [0.25, 0.3) is 0 Å². The monoisotopic (exact) mass is 318 g/mol. The van der Waals surface area contributed by atoms with E-state index in [1.54, 1.807) is 0 Å². The number of rotatable bonds is 5. The number of nitrogens with zero attached hydrogens (tertiary/aromatic N) is 3. The zero-order chi connectivity index (χ0) is 14.9. The lowest BCUT2D eigenvalue weighted by Gasteiger charge is -2.31. The van der Waals surface area contributed by atoms with Gasteiger partial charge < -0.3 is 10.1 Å². The van der Waals surface area contributed by atoms with Crippen molar-refractivity contribution >= 4 is 11.3 Å². The summed E-state index contributed by atoms with van der Waals surface area (Å²) >= 11 is 1.86. The van der Waals surface area contributed by atoms with Gasteiger partial charge in [0.05, 0.1) is 11.2 Å². The molecule has 2 aromatic heterocycles. The third-order valence-corrected chi connectivity index (χ3v) is 5.57. The SMILES string of the molecule is Cn1cc([C@H]2OCCC[C@@H]2NCc2cnc(C3CC3)s2)cn1. The van der Waals surface area contributed by atoms with Gasteiger partial charge in [0.15, 0.2) is 0 Å². The molecule has 1 saturated carbocycles. The molecule has 1 N–H and O–H groups in total. The van der Waals surface area contributed by atoms with Gasteiger partial charge in [-0.3, -0.25) is 4.68 Å². The smallest absolute Gasteiger partial charge is 0.101 e. The minimum Gasteiger partial charge on any atom is -0.372 e. The molecule has 118 valence electrons. The Bertz CT molecular complexity index is 634. The fourth-order valence-corrected chi connectivity index (χ4v) is 4.10. The first-order valence-corrected chi connectivity index (χ1v) is 8.89. The molecular weight excluding hydrogens is 296 g/mol. The van der Waals surface area contributed by atoms with Crippen molar-refractivity contribution in [2.75, 3.05) is 6.61 Å². The minimum absolute atomic E-state index is 0.110. The molecule has 0 radical (unpaired) electrons. The van der Waals surface area contributed by atoms with E-state index in [-0.39, 0.29) is 6.10 Å². The van der Waals surface area contributed by atoms with Gasteiger partial charge in [-0.2, -0.15) is 5.10 Å². The average Bonchev–Trinajstić information content (AvgIpc) is 3.12. The van der Waals surface area contributed by atoms with Gasteiger partial charge in [-0.1, -0.05) is 0 Å². The molecule has 22 heavy (non-hydrogen) atoms. The van der Waals surface area contributed by atoms with Gasteiger partial charge in [0.2, 0.25) is 0 Å². The van der Waals surface area contributed by atoms with Crippen molar-refractivity contribution in [2.24, 2.45) is 7.05 Å². The molecule has 0 spiro atoms. The maximum Gasteiger partial charge on any atom is 0.101 e. The molecule has 6 heteroatoms. The predicted octanol–water partition coefficient (Wildman–Crippen LogP) is 2.76. The first kappa shape index (κ1) is 14.4. The Kier molecular flexibility index (Phi) is 3.98. The van der Waals surface area contributed by atoms with Crippen molar-refractivity contribution in [3.05, 3.63) is 34.0 Å². The van der Waals surface area contributed by atoms with E-state index >= 15 is 0 Å². The van der Waals surface area contributed by atoms with Crippen molar-refractivity contribution in [3.63, 3.8) is 0 Å². The Labute approximate surface area is 134 Å². The fourth-order valence-electron chi connectivity index (χ4n) is 3.06. The highest BCUT2D eigenvalue weighted by Gasteiger charge is 2.29. The molecule has 2 aliphatic rings. The zero-order valence-corrected chi connectivity index (χ0v) is 13.7. The lowest BCUT2D eigenvalue weighted by molar-refractivity contribution is -0.0111. The second kappa shape index (κ2) is 6.10. The number of ether oxygens (including phenoxy) is 1. The van der Waals surface area contributed by atoms with E-state index in [0.717, 1.165) is 31.9 Å². The topological polar surface area (TPSA) is 52.0 Å². The number of hydrogen-bond donors (Lipinski definition) is 1. The van der Waals surface area contributed by atoms with Crippen molar-refractivity contribution in [1.82, 2.24) is 20.1 Å². The molecule has 2 atom stereocenters. The molecule has 1 aliphatic carbocycles. The van der Waals surface area contributed by atoms with Gasteiger partial charge in [-0.05, 0) is 25.7 Å². The lowest BCUT2D eigenvalue weighted by atomic mass is 9.98. The third-order valence-electron chi connectivity index (χ3n) is 4.41. The molecule has 0 bridgehead atoms. The molecule has 3 heterocycles. The molecule has 1 saturated heterocycles. The number of nitrogens with one attached hydrogen (secondary N) is 1. The number of aryl methyl sites for hydroxylation is 1. The van der Waals surface area contributed by atoms with E-state index < -0.39 is 0 Å². The van der Waals surface area contributed by atoms with Crippen molar-refractivity contribution < 1.29 is 4.74 Å². The van der Waals surface area contributed by atoms with Crippen LogP contribution < -0.4 is 5.32 Å². The Morgan fingerprint density at radius 3 is 3.05 bits per heavy atom. The first-order valence-electron chi connectivity index (χ1n) is 8.08. The summed E-state index contributed by atoms with van der Waals surface area (Å²) in [5, 5.41) is 9.27. The van der Waals surface area contributed by atoms with Crippen LogP contribution in [0.2, 0.25) is 0 Å². The van der Waals surface area contributed by atoms with Crippen molar-refractivity contribution in [1.29, 1.82) is 0 Å². The highest BCUT2D eigenvalue weighted by atomic mass is 32.1. The van der Waals surface area contributed by atoms with Crippen LogP contribution in [-0.2, 0) is 18.3 Å². The zero-order valence-electron chi connectivity index (χ0n) is 12.9. The van der Waals surface area contributed by atoms with E-state index in [9.17, 15) is 0 Å². The van der Waals surface area contributed by atoms with E-state index in [0.29, 0.717) is 6.04 Å². The summed E-state index contributed by atoms with van der Waals surface area (Å²) in [6, 6.07) is 0.351. The molecule has 4 rings (SSSR count). The second-order valence-electron chi connectivity index (χ2n) is 6.31. The summed E-state index contributed by atoms with van der Waals surface area (Å²) in [5.74, 6) is 0.750. The van der Waals surface area contributed by atoms with E-state index in [1.807, 2.05) is 35.5 Å². The lowest BCUT2D eigenvalue weighted by Crippen LogP contribution is -2.38. The number of aromatic nitrogens is 3. The Morgan fingerprint density at radius 2 is 2.27 bits per heavy atom. The van der Waals surface area contributed by atoms with Crippen LogP contribution in [0.1, 0.15) is 53.2 Å². The quantitative estimate of drug-likeness (QED) is 0.921. The summed E-state index contributed by atoms with van der Waals surface area (Å²) in [4.78, 5) is 5.89. The van der Waals surface area contributed by atoms with Crippen LogP contribution in [0.25, 0.3) is 0 Å². The van der Waals surface area contributed by atoms with E-state index in [4.69, 9.17) is 4.74 Å². The molecule has 2 aromatic rings. The van der Waals surface area contributed by atoms with E-state index in [1.165, 1.54) is 28.3 Å². The van der Waals surface area contributed by atoms with Crippen LogP contribution in [0.15, 0.2) is 18.6 Å². The van der Waals surface area contributed by atoms with Crippen LogP contribution in [0, 0.1) is 0 Å². The standard InChI is InChI=1S/C16H22N4OS/c1-20-10-12(7-19-20)15-14(3-2-6-21-15)17-8-13-9-18-16(22-13)11-4-5-11/h7,9-11,14-15,17H,2-6,8H2,1H3/t14-,15+/m0/s1. The van der Waals surface area contributed by atoms with Crippen LogP contribution in [0.4, 0.5) is 0 Å². The summed E-state index contributed by atoms with van der Waals surface area (Å²) in [6.07, 6.45) is 11.0. The molecule has 0 unspecified atom stereocenters. The maximum atomic E-state index is 6.00. The van der Waals surface area contributed by atoms with Gasteiger partial charge in [0, 0.05) is 55.0 Å². The average molecular weight is 318 g/mol. The molecular formula is C16H22N4OS. The van der Waals surface area contributed by atoms with E-state index in [2.05, 4.69) is 21.6 Å². The normalized spacial score (nSPS) is 25.5. The van der Waals surface area contributed by atoms with Gasteiger partial charge in [0.1, 0.15) is 6.10 Å². The number of hydrogen-bond acceptors (Lipinski definition) is 5.